The van der Waals surface area contributed by atoms with Gasteiger partial charge in [0, 0.05) is 36.7 Å². The van der Waals surface area contributed by atoms with E-state index >= 15 is 0 Å². The van der Waals surface area contributed by atoms with Crippen LogP contribution in [-0.4, -0.2) is 43.7 Å². The first-order valence-electron chi connectivity index (χ1n) is 11.6. The van der Waals surface area contributed by atoms with Gasteiger partial charge in [0.2, 0.25) is 21.8 Å². The molecule has 1 aliphatic carbocycles. The molecule has 2 amide bonds. The molecule has 33 heavy (non-hydrogen) atoms. The Balaban J connectivity index is 1.23. The highest BCUT2D eigenvalue weighted by Gasteiger charge is 2.40. The molecule has 1 saturated carbocycles. The second kappa shape index (κ2) is 8.61. The van der Waals surface area contributed by atoms with Crippen LogP contribution in [0.5, 0.6) is 0 Å². The molecule has 2 fully saturated rings. The largest absolute Gasteiger partial charge is 0.467 e. The van der Waals surface area contributed by atoms with Gasteiger partial charge in [0.15, 0.2) is 0 Å². The summed E-state index contributed by atoms with van der Waals surface area (Å²) in [7, 11) is -3.66. The Morgan fingerprint density at radius 3 is 2.52 bits per heavy atom. The lowest BCUT2D eigenvalue weighted by molar-refractivity contribution is -0.126. The number of carbonyl (C=O) groups is 2. The van der Waals surface area contributed by atoms with Crippen molar-refractivity contribution in [3.63, 3.8) is 0 Å². The Morgan fingerprint density at radius 1 is 1.09 bits per heavy atom. The maximum atomic E-state index is 13.3. The van der Waals surface area contributed by atoms with Crippen LogP contribution in [0.3, 0.4) is 0 Å². The molecule has 3 aliphatic rings. The molecule has 8 nitrogen and oxygen atoms in total. The second-order valence-corrected chi connectivity index (χ2v) is 11.2. The minimum absolute atomic E-state index is 0.0430. The average Bonchev–Trinajstić information content (AvgIpc) is 3.43. The van der Waals surface area contributed by atoms with E-state index in [1.165, 1.54) is 4.31 Å². The fourth-order valence-corrected chi connectivity index (χ4v) is 6.39. The first-order valence-corrected chi connectivity index (χ1v) is 13.0. The molecular formula is C24H29N3O5S. The van der Waals surface area contributed by atoms with Crippen LogP contribution in [0.15, 0.2) is 45.9 Å². The van der Waals surface area contributed by atoms with Gasteiger partial charge in [0.1, 0.15) is 5.76 Å². The van der Waals surface area contributed by atoms with Crippen LogP contribution in [0.2, 0.25) is 0 Å². The molecule has 5 rings (SSSR count). The second-order valence-electron chi connectivity index (χ2n) is 9.30. The van der Waals surface area contributed by atoms with Crippen LogP contribution in [0, 0.1) is 11.8 Å². The van der Waals surface area contributed by atoms with Crippen molar-refractivity contribution in [2.24, 2.45) is 11.8 Å². The SMILES string of the molecule is C[C@H]1Cc2cc(S(=O)(=O)N3CCC(C(=O)NCc4ccco4)CC3)ccc2N1C(=O)C1CC1. The summed E-state index contributed by atoms with van der Waals surface area (Å²) >= 11 is 0. The number of piperidine rings is 1. The quantitative estimate of drug-likeness (QED) is 0.698. The molecule has 2 aromatic rings. The maximum absolute atomic E-state index is 13.3. The molecule has 0 radical (unpaired) electrons. The van der Waals surface area contributed by atoms with E-state index in [4.69, 9.17) is 4.42 Å². The number of benzene rings is 1. The van der Waals surface area contributed by atoms with Gasteiger partial charge in [-0.1, -0.05) is 0 Å². The first kappa shape index (κ1) is 22.2. The van der Waals surface area contributed by atoms with Crippen LogP contribution < -0.4 is 10.2 Å². The van der Waals surface area contributed by atoms with Crippen LogP contribution >= 0.6 is 0 Å². The van der Waals surface area contributed by atoms with Crippen LogP contribution in [0.25, 0.3) is 0 Å². The normalized spacial score (nSPS) is 21.7. The predicted octanol–water partition coefficient (Wildman–Crippen LogP) is 2.68. The highest BCUT2D eigenvalue weighted by Crippen LogP contribution is 2.40. The van der Waals surface area contributed by atoms with Gasteiger partial charge >= 0.3 is 0 Å². The molecule has 0 spiro atoms. The Labute approximate surface area is 194 Å². The number of nitrogens with zero attached hydrogens (tertiary/aromatic N) is 2. The van der Waals surface area contributed by atoms with E-state index in [1.54, 1.807) is 36.6 Å². The van der Waals surface area contributed by atoms with E-state index in [0.717, 1.165) is 24.1 Å². The Kier molecular flexibility index (Phi) is 5.78. The zero-order valence-electron chi connectivity index (χ0n) is 18.7. The molecule has 9 heteroatoms. The van der Waals surface area contributed by atoms with Gasteiger partial charge in [-0.15, -0.1) is 0 Å². The Hall–Kier alpha value is -2.65. The maximum Gasteiger partial charge on any atom is 0.243 e. The fourth-order valence-electron chi connectivity index (χ4n) is 4.87. The minimum Gasteiger partial charge on any atom is -0.467 e. The third-order valence-corrected chi connectivity index (χ3v) is 8.80. The van der Waals surface area contributed by atoms with Crippen molar-refractivity contribution in [3.8, 4) is 0 Å². The molecule has 3 heterocycles. The van der Waals surface area contributed by atoms with Crippen molar-refractivity contribution in [2.75, 3.05) is 18.0 Å². The smallest absolute Gasteiger partial charge is 0.243 e. The van der Waals surface area contributed by atoms with Crippen LogP contribution in [-0.2, 0) is 32.6 Å². The number of hydrogen-bond donors (Lipinski definition) is 1. The number of nitrogens with one attached hydrogen (secondary N) is 1. The number of sulfonamides is 1. The summed E-state index contributed by atoms with van der Waals surface area (Å²) in [5.41, 5.74) is 1.75. The minimum atomic E-state index is -3.66. The number of amides is 2. The lowest BCUT2D eigenvalue weighted by Gasteiger charge is -2.30. The van der Waals surface area contributed by atoms with Gasteiger partial charge in [-0.3, -0.25) is 9.59 Å². The molecule has 1 N–H and O–H groups in total. The summed E-state index contributed by atoms with van der Waals surface area (Å²) < 4.78 is 33.3. The lowest BCUT2D eigenvalue weighted by atomic mass is 9.97. The third-order valence-electron chi connectivity index (χ3n) is 6.91. The molecule has 176 valence electrons. The Morgan fingerprint density at radius 2 is 1.85 bits per heavy atom. The number of fused-ring (bicyclic) bond motifs is 1. The molecule has 0 unspecified atom stereocenters. The molecule has 0 bridgehead atoms. The topological polar surface area (TPSA) is 99.9 Å². The summed E-state index contributed by atoms with van der Waals surface area (Å²) in [5.74, 6) is 0.681. The van der Waals surface area contributed by atoms with Gasteiger partial charge in [-0.2, -0.15) is 4.31 Å². The molecule has 1 aromatic carbocycles. The first-order chi connectivity index (χ1) is 15.8. The Bertz CT molecular complexity index is 1150. The standard InChI is InChI=1S/C24H29N3O5S/c1-16-13-19-14-21(6-7-22(19)27(16)24(29)18-4-5-18)33(30,31)26-10-8-17(9-11-26)23(28)25-15-20-3-2-12-32-20/h2-3,6-7,12,14,16-18H,4-5,8-11,13,15H2,1H3,(H,25,28)/t16-/m0/s1. The lowest BCUT2D eigenvalue weighted by Crippen LogP contribution is -2.42. The van der Waals surface area contributed by atoms with E-state index in [2.05, 4.69) is 5.32 Å². The number of carbonyl (C=O) groups excluding carboxylic acids is 2. The van der Waals surface area contributed by atoms with Crippen molar-refractivity contribution in [2.45, 2.75) is 56.5 Å². The highest BCUT2D eigenvalue weighted by molar-refractivity contribution is 7.89. The fraction of sp³-hybridized carbons (Fsp3) is 0.500. The summed E-state index contributed by atoms with van der Waals surface area (Å²) in [6.45, 7) is 2.95. The van der Waals surface area contributed by atoms with Crippen molar-refractivity contribution in [1.29, 1.82) is 0 Å². The summed E-state index contributed by atoms with van der Waals surface area (Å²) in [6, 6.07) is 8.73. The zero-order valence-corrected chi connectivity index (χ0v) is 19.5. The molecule has 1 saturated heterocycles. The molecule has 2 aliphatic heterocycles. The number of anilines is 1. The van der Waals surface area contributed by atoms with Gasteiger partial charge in [0.05, 0.1) is 17.7 Å². The zero-order chi connectivity index (χ0) is 23.2. The summed E-state index contributed by atoms with van der Waals surface area (Å²) in [4.78, 5) is 27.2. The van der Waals surface area contributed by atoms with Crippen LogP contribution in [0.4, 0.5) is 5.69 Å². The van der Waals surface area contributed by atoms with Gasteiger partial charge in [-0.05, 0) is 74.9 Å². The average molecular weight is 472 g/mol. The summed E-state index contributed by atoms with van der Waals surface area (Å²) in [5, 5.41) is 2.87. The highest BCUT2D eigenvalue weighted by atomic mass is 32.2. The van der Waals surface area contributed by atoms with Gasteiger partial charge in [0.25, 0.3) is 0 Å². The number of hydrogen-bond acceptors (Lipinski definition) is 5. The summed E-state index contributed by atoms with van der Waals surface area (Å²) in [6.07, 6.45) is 5.08. The monoisotopic (exact) mass is 471 g/mol. The molecular weight excluding hydrogens is 442 g/mol. The number of rotatable bonds is 6. The van der Waals surface area contributed by atoms with E-state index in [0.29, 0.717) is 44.7 Å². The van der Waals surface area contributed by atoms with Gasteiger partial charge in [-0.25, -0.2) is 8.42 Å². The third kappa shape index (κ3) is 4.31. The molecule has 1 aromatic heterocycles. The van der Waals surface area contributed by atoms with Crippen molar-refractivity contribution in [3.05, 3.63) is 47.9 Å². The van der Waals surface area contributed by atoms with Crippen molar-refractivity contribution >= 4 is 27.5 Å². The van der Waals surface area contributed by atoms with Crippen molar-refractivity contribution in [1.82, 2.24) is 9.62 Å². The van der Waals surface area contributed by atoms with Crippen LogP contribution in [0.1, 0.15) is 43.9 Å². The van der Waals surface area contributed by atoms with E-state index < -0.39 is 10.0 Å². The van der Waals surface area contributed by atoms with E-state index in [-0.39, 0.29) is 34.6 Å². The number of furan rings is 1. The van der Waals surface area contributed by atoms with Gasteiger partial charge < -0.3 is 14.6 Å². The van der Waals surface area contributed by atoms with E-state index in [9.17, 15) is 18.0 Å². The molecule has 1 atom stereocenters. The van der Waals surface area contributed by atoms with E-state index in [1.807, 2.05) is 11.8 Å². The predicted molar refractivity (Wildman–Crippen MR) is 122 cm³/mol. The van der Waals surface area contributed by atoms with Crippen molar-refractivity contribution < 1.29 is 22.4 Å².